The molecule has 1 atom stereocenters. The summed E-state index contributed by atoms with van der Waals surface area (Å²) in [6.45, 7) is 8.89. The zero-order valence-corrected chi connectivity index (χ0v) is 23.0. The molecule has 0 saturated carbocycles. The molecule has 9 heteroatoms. The quantitative estimate of drug-likeness (QED) is 0.314. The van der Waals surface area contributed by atoms with E-state index < -0.39 is 5.60 Å². The predicted molar refractivity (Wildman–Crippen MR) is 142 cm³/mol. The number of fused-ring (bicyclic) bond motifs is 1. The van der Waals surface area contributed by atoms with Gasteiger partial charge in [-0.15, -0.1) is 0 Å². The van der Waals surface area contributed by atoms with Gasteiger partial charge >= 0.3 is 0 Å². The van der Waals surface area contributed by atoms with Crippen LogP contribution in [0.1, 0.15) is 47.6 Å². The average Bonchev–Trinajstić information content (AvgIpc) is 3.15. The fraction of sp³-hybridized carbons (Fsp3) is 0.370. The molecule has 2 aliphatic rings. The monoisotopic (exact) mass is 570 g/mol. The standard InChI is InChI=1S/C27H27BrN2O5S/c1-15-16(2)24-19(17(3)23(15)33-11-5-10-29)8-9-27(4,35-24)14-34-21-7-6-18(12-20(21)28)13-22-25(31)30-26(32)36-22/h6-7,12-13H,5,8-9,11,14H2,1-4H3,(H,30,31,32). The first-order valence-electron chi connectivity index (χ1n) is 11.6. The fourth-order valence-electron chi connectivity index (χ4n) is 4.33. The highest BCUT2D eigenvalue weighted by molar-refractivity contribution is 9.10. The SMILES string of the molecule is Cc1c(C)c2c(c(C)c1OCCC#N)CCC(C)(COc1ccc(C=C3SC(=O)NC3=O)cc1Br)O2. The minimum absolute atomic E-state index is 0.350. The molecular weight excluding hydrogens is 544 g/mol. The maximum absolute atomic E-state index is 11.8. The van der Waals surface area contributed by atoms with Crippen LogP contribution in [0.15, 0.2) is 27.6 Å². The Labute approximate surface area is 223 Å². The molecule has 4 rings (SSSR count). The van der Waals surface area contributed by atoms with Crippen molar-refractivity contribution in [2.24, 2.45) is 0 Å². The number of imide groups is 1. The highest BCUT2D eigenvalue weighted by Gasteiger charge is 2.36. The summed E-state index contributed by atoms with van der Waals surface area (Å²) in [6.07, 6.45) is 3.64. The predicted octanol–water partition coefficient (Wildman–Crippen LogP) is 6.15. The number of nitrogens with one attached hydrogen (secondary N) is 1. The largest absolute Gasteiger partial charge is 0.492 e. The lowest BCUT2D eigenvalue weighted by Gasteiger charge is -2.38. The summed E-state index contributed by atoms with van der Waals surface area (Å²) in [5.41, 5.74) is 4.55. The summed E-state index contributed by atoms with van der Waals surface area (Å²) in [5, 5.41) is 10.7. The van der Waals surface area contributed by atoms with Crippen LogP contribution in [0.25, 0.3) is 6.08 Å². The van der Waals surface area contributed by atoms with E-state index >= 15 is 0 Å². The first kappa shape index (κ1) is 26.1. The molecule has 0 aliphatic carbocycles. The fourth-order valence-corrected chi connectivity index (χ4v) is 5.52. The van der Waals surface area contributed by atoms with E-state index in [9.17, 15) is 9.59 Å². The van der Waals surface area contributed by atoms with E-state index in [1.807, 2.05) is 39.0 Å². The third kappa shape index (κ3) is 5.40. The van der Waals surface area contributed by atoms with E-state index in [1.54, 1.807) is 6.08 Å². The average molecular weight is 571 g/mol. The number of thioether (sulfide) groups is 1. The van der Waals surface area contributed by atoms with Crippen LogP contribution in [0.4, 0.5) is 4.79 Å². The molecule has 2 aromatic carbocycles. The molecule has 2 aliphatic heterocycles. The molecule has 1 saturated heterocycles. The first-order valence-corrected chi connectivity index (χ1v) is 13.2. The van der Waals surface area contributed by atoms with Gasteiger partial charge in [0, 0.05) is 5.56 Å². The van der Waals surface area contributed by atoms with Gasteiger partial charge in [-0.2, -0.15) is 5.26 Å². The minimum atomic E-state index is -0.515. The molecule has 188 valence electrons. The van der Waals surface area contributed by atoms with E-state index in [-0.39, 0.29) is 11.1 Å². The molecule has 0 spiro atoms. The maximum atomic E-state index is 11.8. The second kappa shape index (κ2) is 10.6. The number of hydrogen-bond donors (Lipinski definition) is 1. The number of ether oxygens (including phenoxy) is 3. The molecule has 2 amide bonds. The van der Waals surface area contributed by atoms with Crippen molar-refractivity contribution in [3.8, 4) is 23.3 Å². The second-order valence-electron chi connectivity index (χ2n) is 9.15. The van der Waals surface area contributed by atoms with Crippen LogP contribution >= 0.6 is 27.7 Å². The topological polar surface area (TPSA) is 97.6 Å². The number of nitrogens with zero attached hydrogens (tertiary/aromatic N) is 1. The Morgan fingerprint density at radius 3 is 2.67 bits per heavy atom. The Morgan fingerprint density at radius 2 is 2.00 bits per heavy atom. The van der Waals surface area contributed by atoms with Gasteiger partial charge in [-0.05, 0) is 109 Å². The molecule has 1 N–H and O–H groups in total. The molecule has 2 aromatic rings. The van der Waals surface area contributed by atoms with Gasteiger partial charge in [0.05, 0.1) is 21.9 Å². The van der Waals surface area contributed by atoms with Crippen molar-refractivity contribution in [3.63, 3.8) is 0 Å². The molecule has 1 unspecified atom stereocenters. The van der Waals surface area contributed by atoms with Crippen LogP contribution < -0.4 is 19.5 Å². The Morgan fingerprint density at radius 1 is 1.22 bits per heavy atom. The zero-order chi connectivity index (χ0) is 26.0. The molecule has 7 nitrogen and oxygen atoms in total. The van der Waals surface area contributed by atoms with Crippen LogP contribution in [0, 0.1) is 32.1 Å². The number of nitriles is 1. The molecule has 1 fully saturated rings. The van der Waals surface area contributed by atoms with Crippen molar-refractivity contribution >= 4 is 44.9 Å². The van der Waals surface area contributed by atoms with E-state index in [0.717, 1.165) is 68.4 Å². The summed E-state index contributed by atoms with van der Waals surface area (Å²) in [6, 6.07) is 7.64. The van der Waals surface area contributed by atoms with Crippen molar-refractivity contribution in [2.45, 2.75) is 52.6 Å². The number of halogens is 1. The molecular formula is C27H27BrN2O5S. The third-order valence-corrected chi connectivity index (χ3v) is 7.88. The Bertz CT molecular complexity index is 1320. The Hall–Kier alpha value is -2.96. The van der Waals surface area contributed by atoms with Gasteiger partial charge in [0.2, 0.25) is 0 Å². The van der Waals surface area contributed by atoms with E-state index in [4.69, 9.17) is 19.5 Å². The Balaban J connectivity index is 1.48. The summed E-state index contributed by atoms with van der Waals surface area (Å²) >= 11 is 4.44. The van der Waals surface area contributed by atoms with Gasteiger partial charge in [0.1, 0.15) is 36.1 Å². The molecule has 0 radical (unpaired) electrons. The van der Waals surface area contributed by atoms with Gasteiger partial charge in [-0.1, -0.05) is 6.07 Å². The van der Waals surface area contributed by atoms with Crippen LogP contribution in [0.2, 0.25) is 0 Å². The molecule has 36 heavy (non-hydrogen) atoms. The number of carbonyl (C=O) groups excluding carboxylic acids is 2. The van der Waals surface area contributed by atoms with Gasteiger partial charge in [0.25, 0.3) is 11.1 Å². The lowest BCUT2D eigenvalue weighted by atomic mass is 9.87. The van der Waals surface area contributed by atoms with Gasteiger partial charge < -0.3 is 14.2 Å². The van der Waals surface area contributed by atoms with Crippen molar-refractivity contribution in [1.82, 2.24) is 5.32 Å². The van der Waals surface area contributed by atoms with Gasteiger partial charge in [-0.3, -0.25) is 14.9 Å². The summed E-state index contributed by atoms with van der Waals surface area (Å²) in [7, 11) is 0. The Kier molecular flexibility index (Phi) is 7.67. The lowest BCUT2D eigenvalue weighted by molar-refractivity contribution is -0.115. The van der Waals surface area contributed by atoms with Crippen LogP contribution in [-0.2, 0) is 11.2 Å². The zero-order valence-electron chi connectivity index (χ0n) is 20.6. The van der Waals surface area contributed by atoms with Gasteiger partial charge in [-0.25, -0.2) is 0 Å². The highest BCUT2D eigenvalue weighted by atomic mass is 79.9. The lowest BCUT2D eigenvalue weighted by Crippen LogP contribution is -2.42. The summed E-state index contributed by atoms with van der Waals surface area (Å²) < 4.78 is 19.4. The smallest absolute Gasteiger partial charge is 0.290 e. The van der Waals surface area contributed by atoms with Crippen LogP contribution in [-0.4, -0.2) is 30.0 Å². The van der Waals surface area contributed by atoms with Crippen molar-refractivity contribution in [2.75, 3.05) is 13.2 Å². The van der Waals surface area contributed by atoms with E-state index in [2.05, 4.69) is 34.2 Å². The molecule has 2 heterocycles. The number of amides is 2. The first-order chi connectivity index (χ1) is 17.1. The normalized spacial score (nSPS) is 19.9. The molecule has 0 bridgehead atoms. The molecule has 0 aromatic heterocycles. The minimum Gasteiger partial charge on any atom is -0.492 e. The van der Waals surface area contributed by atoms with E-state index in [0.29, 0.717) is 30.3 Å². The number of carbonyl (C=O) groups is 2. The number of hydrogen-bond acceptors (Lipinski definition) is 7. The third-order valence-electron chi connectivity index (χ3n) is 6.45. The number of rotatable bonds is 7. The van der Waals surface area contributed by atoms with Crippen LogP contribution in [0.3, 0.4) is 0 Å². The van der Waals surface area contributed by atoms with Crippen LogP contribution in [0.5, 0.6) is 17.2 Å². The second-order valence-corrected chi connectivity index (χ2v) is 11.0. The van der Waals surface area contributed by atoms with E-state index in [1.165, 1.54) is 0 Å². The maximum Gasteiger partial charge on any atom is 0.290 e. The van der Waals surface area contributed by atoms with Crippen molar-refractivity contribution in [3.05, 3.63) is 55.4 Å². The summed E-state index contributed by atoms with van der Waals surface area (Å²) in [4.78, 5) is 23.5. The van der Waals surface area contributed by atoms with Crippen molar-refractivity contribution < 1.29 is 23.8 Å². The summed E-state index contributed by atoms with van der Waals surface area (Å²) in [5.74, 6) is 2.02. The van der Waals surface area contributed by atoms with Crippen molar-refractivity contribution in [1.29, 1.82) is 5.26 Å². The highest BCUT2D eigenvalue weighted by Crippen LogP contribution is 2.44. The van der Waals surface area contributed by atoms with Gasteiger partial charge in [0.15, 0.2) is 0 Å². The number of benzene rings is 2.